The topological polar surface area (TPSA) is 54.4 Å². The van der Waals surface area contributed by atoms with Gasteiger partial charge in [0.05, 0.1) is 5.92 Å². The number of fused-ring (bicyclic) bond motifs is 2. The molecule has 0 heterocycles. The maximum atomic E-state index is 12.3. The zero-order chi connectivity index (χ0) is 12.8. The number of carbonyl (C=O) groups excluding carboxylic acids is 2. The minimum Gasteiger partial charge on any atom is -0.381 e. The van der Waals surface area contributed by atoms with Crippen LogP contribution >= 0.6 is 0 Å². The van der Waals surface area contributed by atoms with Gasteiger partial charge in [0.1, 0.15) is 11.9 Å². The molecule has 0 aliphatic heterocycles. The van der Waals surface area contributed by atoms with E-state index in [1.54, 1.807) is 0 Å². The average molecular weight is 244 g/mol. The Kier molecular flexibility index (Phi) is 2.59. The van der Waals surface area contributed by atoms with Crippen LogP contribution in [0.1, 0.15) is 30.7 Å². The second-order valence-corrected chi connectivity index (χ2v) is 5.39. The molecule has 0 saturated heterocycles. The number of aliphatic hydroxyl groups is 1. The first-order valence-corrected chi connectivity index (χ1v) is 6.45. The third-order valence-corrected chi connectivity index (χ3v) is 4.54. The number of ketones is 1. The zero-order valence-corrected chi connectivity index (χ0v) is 10.1. The van der Waals surface area contributed by atoms with Gasteiger partial charge in [-0.25, -0.2) is 0 Å². The summed E-state index contributed by atoms with van der Waals surface area (Å²) in [5, 5.41) is 10.5. The lowest BCUT2D eigenvalue weighted by Crippen LogP contribution is -2.44. The summed E-state index contributed by atoms with van der Waals surface area (Å²) in [6.07, 6.45) is 2.81. The van der Waals surface area contributed by atoms with E-state index < -0.39 is 11.5 Å². The minimum atomic E-state index is -1.41. The van der Waals surface area contributed by atoms with Crippen LogP contribution in [0.15, 0.2) is 30.3 Å². The molecule has 0 amide bonds. The third-order valence-electron chi connectivity index (χ3n) is 4.54. The molecule has 18 heavy (non-hydrogen) atoms. The van der Waals surface area contributed by atoms with Gasteiger partial charge < -0.3 is 9.90 Å². The molecule has 0 unspecified atom stereocenters. The highest BCUT2D eigenvalue weighted by molar-refractivity contribution is 5.97. The molecule has 2 saturated carbocycles. The Balaban J connectivity index is 2.09. The Labute approximate surface area is 106 Å². The Bertz CT molecular complexity index is 482. The number of Topliss-reactive ketones (excluding diaryl/α,β-unsaturated/α-hetero) is 1. The highest BCUT2D eigenvalue weighted by Gasteiger charge is 2.61. The minimum absolute atomic E-state index is 0.125. The lowest BCUT2D eigenvalue weighted by molar-refractivity contribution is -0.145. The summed E-state index contributed by atoms with van der Waals surface area (Å²) in [6, 6.07) is 9.62. The van der Waals surface area contributed by atoms with Crippen LogP contribution in [0.5, 0.6) is 0 Å². The fourth-order valence-corrected chi connectivity index (χ4v) is 3.70. The predicted molar refractivity (Wildman–Crippen MR) is 66.0 cm³/mol. The molecule has 0 radical (unpaired) electrons. The monoisotopic (exact) mass is 244 g/mol. The number of hydrogen-bond donors (Lipinski definition) is 1. The van der Waals surface area contributed by atoms with E-state index in [-0.39, 0.29) is 17.6 Å². The third kappa shape index (κ3) is 1.40. The van der Waals surface area contributed by atoms with Crippen molar-refractivity contribution in [3.8, 4) is 0 Å². The molecule has 3 nitrogen and oxygen atoms in total. The standard InChI is InChI=1S/C15H16O3/c16-9-12-13(10-5-2-1-3-6-10)11-7-4-8-15(12,18)14(11)17/h1-3,5-6,9,11-13,18H,4,7-8H2/t11-,12+,13-,15-/m0/s1. The van der Waals surface area contributed by atoms with E-state index in [2.05, 4.69) is 0 Å². The lowest BCUT2D eigenvalue weighted by atomic mass is 9.82. The van der Waals surface area contributed by atoms with Crippen molar-refractivity contribution in [2.24, 2.45) is 11.8 Å². The van der Waals surface area contributed by atoms with Crippen molar-refractivity contribution in [2.45, 2.75) is 30.8 Å². The normalized spacial score (nSPS) is 38.7. The van der Waals surface area contributed by atoms with E-state index >= 15 is 0 Å². The maximum absolute atomic E-state index is 12.3. The van der Waals surface area contributed by atoms with E-state index in [1.165, 1.54) is 0 Å². The molecule has 1 aromatic rings. The van der Waals surface area contributed by atoms with Crippen molar-refractivity contribution in [2.75, 3.05) is 0 Å². The molecular formula is C15H16O3. The van der Waals surface area contributed by atoms with Gasteiger partial charge in [0.2, 0.25) is 0 Å². The molecule has 4 atom stereocenters. The summed E-state index contributed by atoms with van der Waals surface area (Å²) in [6.45, 7) is 0. The first-order chi connectivity index (χ1) is 8.68. The van der Waals surface area contributed by atoms with Crippen LogP contribution < -0.4 is 0 Å². The fourth-order valence-electron chi connectivity index (χ4n) is 3.70. The number of aldehydes is 1. The summed E-state index contributed by atoms with van der Waals surface area (Å²) in [5.41, 5.74) is -0.420. The van der Waals surface area contributed by atoms with Crippen LogP contribution in [-0.4, -0.2) is 22.8 Å². The van der Waals surface area contributed by atoms with Gasteiger partial charge in [0.25, 0.3) is 0 Å². The van der Waals surface area contributed by atoms with Gasteiger partial charge in [-0.2, -0.15) is 0 Å². The molecule has 3 rings (SSSR count). The molecule has 0 aromatic heterocycles. The highest BCUT2D eigenvalue weighted by Crippen LogP contribution is 2.53. The van der Waals surface area contributed by atoms with Crippen molar-refractivity contribution < 1.29 is 14.7 Å². The first kappa shape index (κ1) is 11.6. The van der Waals surface area contributed by atoms with Crippen molar-refractivity contribution in [3.05, 3.63) is 35.9 Å². The van der Waals surface area contributed by atoms with Crippen molar-refractivity contribution in [1.82, 2.24) is 0 Å². The Hall–Kier alpha value is -1.48. The number of carbonyl (C=O) groups is 2. The average Bonchev–Trinajstić information content (AvgIpc) is 2.53. The second-order valence-electron chi connectivity index (χ2n) is 5.39. The fraction of sp³-hybridized carbons (Fsp3) is 0.467. The van der Waals surface area contributed by atoms with Crippen LogP contribution in [0.3, 0.4) is 0 Å². The molecule has 2 fully saturated rings. The summed E-state index contributed by atoms with van der Waals surface area (Å²) in [7, 11) is 0. The van der Waals surface area contributed by atoms with E-state index in [0.29, 0.717) is 6.42 Å². The molecule has 1 N–H and O–H groups in total. The molecule has 2 aliphatic rings. The van der Waals surface area contributed by atoms with Crippen LogP contribution in [0, 0.1) is 11.8 Å². The maximum Gasteiger partial charge on any atom is 0.168 e. The van der Waals surface area contributed by atoms with E-state index in [9.17, 15) is 14.7 Å². The molecule has 94 valence electrons. The molecule has 1 aromatic carbocycles. The predicted octanol–water partition coefficient (Wildman–Crippen LogP) is 1.70. The van der Waals surface area contributed by atoms with Crippen LogP contribution in [0.4, 0.5) is 0 Å². The Morgan fingerprint density at radius 3 is 2.67 bits per heavy atom. The number of rotatable bonds is 2. The summed E-state index contributed by atoms with van der Waals surface area (Å²) >= 11 is 0. The molecule has 0 spiro atoms. The van der Waals surface area contributed by atoms with Gasteiger partial charge in [-0.05, 0) is 24.8 Å². The van der Waals surface area contributed by atoms with Crippen molar-refractivity contribution in [3.63, 3.8) is 0 Å². The SMILES string of the molecule is O=C[C@@H]1[C@@H](c2ccccc2)[C@@H]2CCC[C@@]1(O)C2=O. The molecule has 2 bridgehead atoms. The highest BCUT2D eigenvalue weighted by atomic mass is 16.3. The first-order valence-electron chi connectivity index (χ1n) is 6.45. The largest absolute Gasteiger partial charge is 0.381 e. The summed E-state index contributed by atoms with van der Waals surface area (Å²) in [5.74, 6) is -1.05. The zero-order valence-electron chi connectivity index (χ0n) is 10.1. The Morgan fingerprint density at radius 2 is 2.00 bits per heavy atom. The van der Waals surface area contributed by atoms with E-state index in [0.717, 1.165) is 24.7 Å². The Morgan fingerprint density at radius 1 is 1.28 bits per heavy atom. The van der Waals surface area contributed by atoms with Gasteiger partial charge in [-0.15, -0.1) is 0 Å². The van der Waals surface area contributed by atoms with E-state index in [1.807, 2.05) is 30.3 Å². The van der Waals surface area contributed by atoms with Gasteiger partial charge in [0.15, 0.2) is 5.78 Å². The molecule has 2 aliphatic carbocycles. The van der Waals surface area contributed by atoms with E-state index in [4.69, 9.17) is 0 Å². The van der Waals surface area contributed by atoms with Gasteiger partial charge in [0, 0.05) is 11.8 Å². The van der Waals surface area contributed by atoms with Crippen LogP contribution in [0.2, 0.25) is 0 Å². The van der Waals surface area contributed by atoms with Crippen LogP contribution in [0.25, 0.3) is 0 Å². The van der Waals surface area contributed by atoms with Gasteiger partial charge in [-0.1, -0.05) is 30.3 Å². The number of benzene rings is 1. The molecular weight excluding hydrogens is 228 g/mol. The molecule has 3 heteroatoms. The number of hydrogen-bond acceptors (Lipinski definition) is 3. The quantitative estimate of drug-likeness (QED) is 0.806. The lowest BCUT2D eigenvalue weighted by Gasteiger charge is -2.27. The second kappa shape index (κ2) is 4.02. The summed E-state index contributed by atoms with van der Waals surface area (Å²) in [4.78, 5) is 23.6. The smallest absolute Gasteiger partial charge is 0.168 e. The van der Waals surface area contributed by atoms with Crippen molar-refractivity contribution >= 4 is 12.1 Å². The van der Waals surface area contributed by atoms with Gasteiger partial charge in [-0.3, -0.25) is 4.79 Å². The van der Waals surface area contributed by atoms with Crippen LogP contribution in [-0.2, 0) is 9.59 Å². The summed E-state index contributed by atoms with van der Waals surface area (Å²) < 4.78 is 0. The van der Waals surface area contributed by atoms with Gasteiger partial charge >= 0.3 is 0 Å². The van der Waals surface area contributed by atoms with Crippen molar-refractivity contribution in [1.29, 1.82) is 0 Å².